The molecule has 0 amide bonds. The SMILES string of the molecule is CCC1=C(CC)C(Cc2ccccn2)[N-]/C1=C\c1[n-]c(/C=C2\N=C(C)C(C)=C2C)c(CC)c1CC.[Pt+2]. The summed E-state index contributed by atoms with van der Waals surface area (Å²) in [5.41, 5.74) is 14.5. The van der Waals surface area contributed by atoms with Gasteiger partial charge in [0, 0.05) is 17.6 Å². The molecule has 0 saturated carbocycles. The fourth-order valence-electron chi connectivity index (χ4n) is 5.37. The molecule has 5 heteroatoms. The van der Waals surface area contributed by atoms with Gasteiger partial charge in [0.05, 0.1) is 5.70 Å². The van der Waals surface area contributed by atoms with E-state index >= 15 is 0 Å². The van der Waals surface area contributed by atoms with E-state index in [1.807, 2.05) is 12.3 Å². The maximum atomic E-state index is 5.22. The van der Waals surface area contributed by atoms with Crippen LogP contribution in [-0.4, -0.2) is 16.7 Å². The third kappa shape index (κ3) is 5.44. The normalized spacial score (nSPS) is 19.9. The minimum absolute atomic E-state index is 0. The average molecular weight is 662 g/mol. The predicted molar refractivity (Wildman–Crippen MR) is 149 cm³/mol. The van der Waals surface area contributed by atoms with Crippen LogP contribution in [0.15, 0.2) is 63.1 Å². The maximum absolute atomic E-state index is 5.22. The zero-order chi connectivity index (χ0) is 25.1. The molecule has 36 heavy (non-hydrogen) atoms. The Morgan fingerprint density at radius 1 is 0.861 bits per heavy atom. The van der Waals surface area contributed by atoms with E-state index in [0.29, 0.717) is 0 Å². The second kappa shape index (κ2) is 12.2. The standard InChI is InChI=1S/C31H38N4.Pt/c1-8-23-24(9-2)30(34-28(23)16-22-14-12-13-15-32-22)18-31-26(11-4)25(10-3)29(35-31)17-27-20(6)19(5)21(7)33-27;/h12-15,17-18,28H,8-11,16H2,1-7H3;/q-2;+2/b27-17-,30-18-;. The van der Waals surface area contributed by atoms with Crippen LogP contribution in [0.3, 0.4) is 0 Å². The fourth-order valence-corrected chi connectivity index (χ4v) is 5.37. The topological polar surface area (TPSA) is 53.5 Å². The second-order valence-corrected chi connectivity index (χ2v) is 9.43. The monoisotopic (exact) mass is 661 g/mol. The molecule has 4 heterocycles. The number of aliphatic imine (C=N–C) groups is 1. The van der Waals surface area contributed by atoms with Crippen molar-refractivity contribution in [2.75, 3.05) is 0 Å². The molecule has 0 bridgehead atoms. The molecule has 2 aromatic heterocycles. The van der Waals surface area contributed by atoms with Crippen LogP contribution >= 0.6 is 0 Å². The predicted octanol–water partition coefficient (Wildman–Crippen LogP) is 7.77. The molecule has 4 rings (SSSR count). The molecule has 0 N–H and O–H groups in total. The van der Waals surface area contributed by atoms with Crippen LogP contribution in [0.1, 0.15) is 89.5 Å². The summed E-state index contributed by atoms with van der Waals surface area (Å²) in [6.07, 6.45) is 11.0. The van der Waals surface area contributed by atoms with Gasteiger partial charge in [-0.2, -0.15) is 0 Å². The van der Waals surface area contributed by atoms with Gasteiger partial charge < -0.3 is 10.3 Å². The van der Waals surface area contributed by atoms with E-state index in [-0.39, 0.29) is 27.1 Å². The number of pyridine rings is 1. The summed E-state index contributed by atoms with van der Waals surface area (Å²) in [6.45, 7) is 15.3. The number of hydrogen-bond acceptors (Lipinski definition) is 2. The fraction of sp³-hybridized carbons (Fsp3) is 0.419. The van der Waals surface area contributed by atoms with Gasteiger partial charge in [-0.15, -0.1) is 17.1 Å². The van der Waals surface area contributed by atoms with Crippen molar-refractivity contribution in [2.24, 2.45) is 4.99 Å². The Hall–Kier alpha value is -2.45. The van der Waals surface area contributed by atoms with Gasteiger partial charge in [-0.3, -0.25) is 9.98 Å². The first-order valence-electron chi connectivity index (χ1n) is 13.1. The van der Waals surface area contributed by atoms with E-state index in [1.54, 1.807) is 0 Å². The first kappa shape index (κ1) is 28.1. The van der Waals surface area contributed by atoms with Gasteiger partial charge in [0.2, 0.25) is 0 Å². The molecular formula is C31H38N4Pt. The van der Waals surface area contributed by atoms with E-state index in [1.165, 1.54) is 33.4 Å². The quantitative estimate of drug-likeness (QED) is 0.290. The molecule has 0 aliphatic carbocycles. The molecule has 0 aromatic carbocycles. The Bertz CT molecular complexity index is 1250. The molecule has 192 valence electrons. The van der Waals surface area contributed by atoms with E-state index < -0.39 is 0 Å². The average Bonchev–Trinajstić information content (AvgIpc) is 3.46. The molecule has 2 aromatic rings. The molecule has 0 spiro atoms. The molecule has 4 nitrogen and oxygen atoms in total. The number of nitrogens with zero attached hydrogens (tertiary/aromatic N) is 4. The van der Waals surface area contributed by atoms with E-state index in [4.69, 9.17) is 15.3 Å². The molecule has 0 fully saturated rings. The van der Waals surface area contributed by atoms with Crippen molar-refractivity contribution < 1.29 is 21.1 Å². The van der Waals surface area contributed by atoms with Crippen LogP contribution < -0.4 is 4.98 Å². The van der Waals surface area contributed by atoms with E-state index in [0.717, 1.165) is 66.3 Å². The Morgan fingerprint density at radius 3 is 2.08 bits per heavy atom. The summed E-state index contributed by atoms with van der Waals surface area (Å²) < 4.78 is 0. The van der Waals surface area contributed by atoms with Crippen LogP contribution in [0.25, 0.3) is 17.5 Å². The number of aromatic nitrogens is 2. The van der Waals surface area contributed by atoms with Crippen molar-refractivity contribution in [3.05, 3.63) is 91.6 Å². The second-order valence-electron chi connectivity index (χ2n) is 9.43. The first-order chi connectivity index (χ1) is 16.9. The smallest absolute Gasteiger partial charge is 0.678 e. The summed E-state index contributed by atoms with van der Waals surface area (Å²) >= 11 is 0. The minimum atomic E-state index is 0. The van der Waals surface area contributed by atoms with Crippen molar-refractivity contribution in [1.29, 1.82) is 0 Å². The van der Waals surface area contributed by atoms with Crippen LogP contribution in [0, 0.1) is 0 Å². The Kier molecular flexibility index (Phi) is 9.52. The molecular weight excluding hydrogens is 623 g/mol. The molecule has 0 radical (unpaired) electrons. The van der Waals surface area contributed by atoms with Gasteiger partial charge in [-0.05, 0) is 76.2 Å². The van der Waals surface area contributed by atoms with Crippen molar-refractivity contribution in [1.82, 2.24) is 9.97 Å². The zero-order valence-corrected chi connectivity index (χ0v) is 25.0. The Morgan fingerprint density at radius 2 is 1.56 bits per heavy atom. The van der Waals surface area contributed by atoms with Crippen molar-refractivity contribution in [3.8, 4) is 0 Å². The first-order valence-corrected chi connectivity index (χ1v) is 13.1. The summed E-state index contributed by atoms with van der Waals surface area (Å²) in [5.74, 6) is 0. The number of allylic oxidation sites excluding steroid dienone is 3. The molecule has 1 unspecified atom stereocenters. The summed E-state index contributed by atoms with van der Waals surface area (Å²) in [6, 6.07) is 6.29. The Balaban J connectivity index is 0.00000361. The molecule has 2 aliphatic rings. The minimum Gasteiger partial charge on any atom is -0.678 e. The van der Waals surface area contributed by atoms with Crippen molar-refractivity contribution in [3.63, 3.8) is 0 Å². The van der Waals surface area contributed by atoms with Crippen LogP contribution in [0.4, 0.5) is 0 Å². The Labute approximate surface area is 231 Å². The van der Waals surface area contributed by atoms with E-state index in [9.17, 15) is 0 Å². The third-order valence-corrected chi connectivity index (χ3v) is 7.51. The van der Waals surface area contributed by atoms with Crippen LogP contribution in [0.2, 0.25) is 0 Å². The van der Waals surface area contributed by atoms with Gasteiger partial charge in [-0.25, -0.2) is 0 Å². The maximum Gasteiger partial charge on any atom is 2.00 e. The van der Waals surface area contributed by atoms with Crippen molar-refractivity contribution >= 4 is 17.9 Å². The molecule has 0 saturated heterocycles. The van der Waals surface area contributed by atoms with Gasteiger partial charge in [0.25, 0.3) is 0 Å². The number of rotatable bonds is 8. The van der Waals surface area contributed by atoms with Crippen LogP contribution in [-0.2, 0) is 40.3 Å². The molecule has 1 atom stereocenters. The summed E-state index contributed by atoms with van der Waals surface area (Å²) in [7, 11) is 0. The zero-order valence-electron chi connectivity index (χ0n) is 22.7. The third-order valence-electron chi connectivity index (χ3n) is 7.51. The van der Waals surface area contributed by atoms with E-state index in [2.05, 4.69) is 77.7 Å². The summed E-state index contributed by atoms with van der Waals surface area (Å²) in [5, 5.41) is 5.22. The van der Waals surface area contributed by atoms with Gasteiger partial charge in [0.1, 0.15) is 0 Å². The molecule has 2 aliphatic heterocycles. The van der Waals surface area contributed by atoms with Crippen LogP contribution in [0.5, 0.6) is 0 Å². The largest absolute Gasteiger partial charge is 2.00 e. The van der Waals surface area contributed by atoms with Gasteiger partial charge in [0.15, 0.2) is 0 Å². The van der Waals surface area contributed by atoms with Crippen molar-refractivity contribution in [2.45, 2.75) is 86.6 Å². The van der Waals surface area contributed by atoms with Gasteiger partial charge >= 0.3 is 21.1 Å². The van der Waals surface area contributed by atoms with Gasteiger partial charge in [-0.1, -0.05) is 74.2 Å². The summed E-state index contributed by atoms with van der Waals surface area (Å²) in [4.78, 5) is 14.5. The number of hydrogen-bond donors (Lipinski definition) is 0.